The van der Waals surface area contributed by atoms with Crippen LogP contribution in [0.25, 0.3) is 65.9 Å². The summed E-state index contributed by atoms with van der Waals surface area (Å²) in [4.78, 5) is 9.27. The van der Waals surface area contributed by atoms with Crippen molar-refractivity contribution < 1.29 is 0 Å². The Morgan fingerprint density at radius 3 is 1.72 bits per heavy atom. The molecule has 0 saturated heterocycles. The lowest BCUT2D eigenvalue weighted by atomic mass is 10.0. The van der Waals surface area contributed by atoms with E-state index in [0.29, 0.717) is 0 Å². The van der Waals surface area contributed by atoms with Crippen LogP contribution >= 0.6 is 0 Å². The van der Waals surface area contributed by atoms with Gasteiger partial charge in [-0.1, -0.05) is 60.7 Å². The quantitative estimate of drug-likeness (QED) is 0.264. The first-order valence-electron chi connectivity index (χ1n) is 12.1. The lowest BCUT2D eigenvalue weighted by Crippen LogP contribution is -1.99. The van der Waals surface area contributed by atoms with Gasteiger partial charge in [-0.2, -0.15) is 0 Å². The highest BCUT2D eigenvalue weighted by Gasteiger charge is 2.24. The van der Waals surface area contributed by atoms with E-state index in [2.05, 4.69) is 111 Å². The number of hydrogen-bond donors (Lipinski definition) is 0. The molecule has 168 valence electrons. The van der Waals surface area contributed by atoms with E-state index >= 15 is 0 Å². The average Bonchev–Trinajstić information content (AvgIpc) is 3.48. The van der Waals surface area contributed by atoms with E-state index in [1.807, 2.05) is 24.7 Å². The SMILES string of the molecule is c1ccc(-n2c3ccccc3c3c4cccnc4c4c5ccccc5n(-c5ccncc5)c4c32)cc1. The molecule has 0 saturated carbocycles. The largest absolute Gasteiger partial charge is 0.307 e. The van der Waals surface area contributed by atoms with Crippen LogP contribution in [0, 0.1) is 0 Å². The first-order valence-corrected chi connectivity index (χ1v) is 12.1. The van der Waals surface area contributed by atoms with Crippen LogP contribution in [-0.2, 0) is 0 Å². The standard InChI is InChI=1S/C32H20N4/c1-2-9-21(10-3-1)35-26-14-6-4-11-23(26)28-25-13-8-18-34-30(25)29-24-12-5-7-15-27(24)36(32(29)31(28)35)22-16-19-33-20-17-22/h1-20H. The predicted octanol–water partition coefficient (Wildman–Crippen LogP) is 7.82. The topological polar surface area (TPSA) is 35.6 Å². The summed E-state index contributed by atoms with van der Waals surface area (Å²) < 4.78 is 4.79. The molecule has 0 N–H and O–H groups in total. The fraction of sp³-hybridized carbons (Fsp3) is 0. The van der Waals surface area contributed by atoms with Crippen LogP contribution in [0.4, 0.5) is 0 Å². The molecule has 0 spiro atoms. The number of rotatable bonds is 2. The number of fused-ring (bicyclic) bond motifs is 10. The summed E-state index contributed by atoms with van der Waals surface area (Å²) in [5.74, 6) is 0. The molecule has 0 aliphatic heterocycles. The van der Waals surface area contributed by atoms with Gasteiger partial charge in [0, 0.05) is 56.9 Å². The molecule has 0 bridgehead atoms. The summed E-state index contributed by atoms with van der Waals surface area (Å²) in [5, 5.41) is 5.99. The monoisotopic (exact) mass is 460 g/mol. The van der Waals surface area contributed by atoms with Gasteiger partial charge in [0.1, 0.15) is 0 Å². The van der Waals surface area contributed by atoms with Crippen molar-refractivity contribution in [3.8, 4) is 11.4 Å². The second-order valence-electron chi connectivity index (χ2n) is 9.09. The van der Waals surface area contributed by atoms with Crippen molar-refractivity contribution in [3.63, 3.8) is 0 Å². The van der Waals surface area contributed by atoms with Crippen LogP contribution < -0.4 is 0 Å². The minimum Gasteiger partial charge on any atom is -0.307 e. The number of aromatic nitrogens is 4. The number of nitrogens with zero attached hydrogens (tertiary/aromatic N) is 4. The van der Waals surface area contributed by atoms with Gasteiger partial charge in [-0.25, -0.2) is 0 Å². The van der Waals surface area contributed by atoms with Gasteiger partial charge in [0.25, 0.3) is 0 Å². The second-order valence-corrected chi connectivity index (χ2v) is 9.09. The fourth-order valence-electron chi connectivity index (χ4n) is 5.85. The van der Waals surface area contributed by atoms with Gasteiger partial charge in [0.15, 0.2) is 0 Å². The van der Waals surface area contributed by atoms with Crippen LogP contribution in [0.15, 0.2) is 122 Å². The maximum atomic E-state index is 4.97. The molecule has 4 heterocycles. The summed E-state index contributed by atoms with van der Waals surface area (Å²) >= 11 is 0. The van der Waals surface area contributed by atoms with E-state index in [9.17, 15) is 0 Å². The number of benzene rings is 4. The maximum Gasteiger partial charge on any atom is 0.0811 e. The summed E-state index contributed by atoms with van der Waals surface area (Å²) in [5.41, 5.74) is 7.93. The molecule has 0 aliphatic carbocycles. The van der Waals surface area contributed by atoms with Gasteiger partial charge in [0.05, 0.1) is 27.6 Å². The second kappa shape index (κ2) is 7.27. The van der Waals surface area contributed by atoms with Crippen molar-refractivity contribution in [2.75, 3.05) is 0 Å². The molecule has 0 fully saturated rings. The van der Waals surface area contributed by atoms with E-state index in [4.69, 9.17) is 4.98 Å². The summed E-state index contributed by atoms with van der Waals surface area (Å²) in [6.07, 6.45) is 5.63. The van der Waals surface area contributed by atoms with Crippen molar-refractivity contribution in [1.82, 2.24) is 19.1 Å². The van der Waals surface area contributed by atoms with E-state index in [-0.39, 0.29) is 0 Å². The molecule has 8 aromatic rings. The lowest BCUT2D eigenvalue weighted by molar-refractivity contribution is 1.14. The van der Waals surface area contributed by atoms with Crippen LogP contribution in [0.2, 0.25) is 0 Å². The zero-order valence-electron chi connectivity index (χ0n) is 19.3. The number of hydrogen-bond acceptors (Lipinski definition) is 2. The summed E-state index contributed by atoms with van der Waals surface area (Å²) in [6.45, 7) is 0. The van der Waals surface area contributed by atoms with Gasteiger partial charge in [-0.3, -0.25) is 9.97 Å². The molecule has 0 aliphatic rings. The molecule has 0 radical (unpaired) electrons. The Morgan fingerprint density at radius 1 is 0.444 bits per heavy atom. The predicted molar refractivity (Wildman–Crippen MR) is 148 cm³/mol. The Kier molecular flexibility index (Phi) is 3.91. The molecule has 4 aromatic heterocycles. The summed E-state index contributed by atoms with van der Waals surface area (Å²) in [6, 6.07) is 36.4. The third kappa shape index (κ3) is 2.48. The van der Waals surface area contributed by atoms with Gasteiger partial charge < -0.3 is 9.13 Å². The maximum absolute atomic E-state index is 4.97. The van der Waals surface area contributed by atoms with Crippen molar-refractivity contribution in [2.24, 2.45) is 0 Å². The van der Waals surface area contributed by atoms with Gasteiger partial charge in [-0.15, -0.1) is 0 Å². The first-order chi connectivity index (χ1) is 17.9. The van der Waals surface area contributed by atoms with Crippen molar-refractivity contribution in [1.29, 1.82) is 0 Å². The molecule has 0 unspecified atom stereocenters. The molecule has 0 amide bonds. The zero-order valence-corrected chi connectivity index (χ0v) is 19.3. The smallest absolute Gasteiger partial charge is 0.0811 e. The normalized spacial score (nSPS) is 11.9. The van der Waals surface area contributed by atoms with Crippen molar-refractivity contribution >= 4 is 54.5 Å². The van der Waals surface area contributed by atoms with Crippen LogP contribution in [0.5, 0.6) is 0 Å². The fourth-order valence-corrected chi connectivity index (χ4v) is 5.85. The minimum atomic E-state index is 1.03. The van der Waals surface area contributed by atoms with E-state index in [0.717, 1.165) is 27.9 Å². The molecular formula is C32H20N4. The van der Waals surface area contributed by atoms with E-state index in [1.165, 1.54) is 38.0 Å². The summed E-state index contributed by atoms with van der Waals surface area (Å²) in [7, 11) is 0. The van der Waals surface area contributed by atoms with Crippen molar-refractivity contribution in [3.05, 3.63) is 122 Å². The van der Waals surface area contributed by atoms with Crippen LogP contribution in [0.1, 0.15) is 0 Å². The van der Waals surface area contributed by atoms with Gasteiger partial charge in [0.2, 0.25) is 0 Å². The third-order valence-corrected chi connectivity index (χ3v) is 7.22. The number of pyridine rings is 2. The Bertz CT molecular complexity index is 1930. The minimum absolute atomic E-state index is 1.03. The highest BCUT2D eigenvalue weighted by molar-refractivity contribution is 6.35. The molecule has 36 heavy (non-hydrogen) atoms. The Hall–Kier alpha value is -4.96. The van der Waals surface area contributed by atoms with E-state index in [1.54, 1.807) is 0 Å². The van der Waals surface area contributed by atoms with Gasteiger partial charge >= 0.3 is 0 Å². The Morgan fingerprint density at radius 2 is 1.00 bits per heavy atom. The Balaban J connectivity index is 1.79. The highest BCUT2D eigenvalue weighted by Crippen LogP contribution is 2.45. The molecule has 4 nitrogen and oxygen atoms in total. The van der Waals surface area contributed by atoms with Gasteiger partial charge in [-0.05, 0) is 42.5 Å². The lowest BCUT2D eigenvalue weighted by Gasteiger charge is -2.13. The molecule has 4 aromatic carbocycles. The molecular weight excluding hydrogens is 440 g/mol. The first kappa shape index (κ1) is 19.4. The molecule has 4 heteroatoms. The highest BCUT2D eigenvalue weighted by atomic mass is 15.0. The average molecular weight is 461 g/mol. The van der Waals surface area contributed by atoms with Crippen molar-refractivity contribution in [2.45, 2.75) is 0 Å². The molecule has 0 atom stereocenters. The van der Waals surface area contributed by atoms with E-state index < -0.39 is 0 Å². The molecule has 8 rings (SSSR count). The third-order valence-electron chi connectivity index (χ3n) is 7.22. The zero-order chi connectivity index (χ0) is 23.6. The van der Waals surface area contributed by atoms with Crippen LogP contribution in [0.3, 0.4) is 0 Å². The Labute approximate surface area is 206 Å². The van der Waals surface area contributed by atoms with Crippen LogP contribution in [-0.4, -0.2) is 19.1 Å². The number of para-hydroxylation sites is 3.